The van der Waals surface area contributed by atoms with Crippen LogP contribution < -0.4 is 10.1 Å². The van der Waals surface area contributed by atoms with Gasteiger partial charge in [0.2, 0.25) is 5.91 Å². The van der Waals surface area contributed by atoms with E-state index in [-0.39, 0.29) is 17.5 Å². The van der Waals surface area contributed by atoms with Crippen LogP contribution in [0.4, 0.5) is 10.1 Å². The average Bonchev–Trinajstić information content (AvgIpc) is 2.88. The van der Waals surface area contributed by atoms with E-state index in [4.69, 9.17) is 4.74 Å². The van der Waals surface area contributed by atoms with Crippen LogP contribution in [0.25, 0.3) is 22.4 Å². The zero-order chi connectivity index (χ0) is 23.9. The number of nitrogens with zero attached hydrogens (tertiary/aromatic N) is 2. The number of nitriles is 1. The van der Waals surface area contributed by atoms with Gasteiger partial charge < -0.3 is 10.1 Å². The summed E-state index contributed by atoms with van der Waals surface area (Å²) in [5.41, 5.74) is 3.90. The molecule has 4 aromatic rings. The van der Waals surface area contributed by atoms with Gasteiger partial charge in [-0.3, -0.25) is 4.79 Å². The van der Waals surface area contributed by atoms with Crippen molar-refractivity contribution in [2.45, 2.75) is 5.03 Å². The van der Waals surface area contributed by atoms with E-state index in [0.717, 1.165) is 5.56 Å². The van der Waals surface area contributed by atoms with E-state index in [1.165, 1.54) is 23.9 Å². The van der Waals surface area contributed by atoms with Gasteiger partial charge in [0, 0.05) is 16.8 Å². The maximum Gasteiger partial charge on any atom is 0.234 e. The molecule has 168 valence electrons. The van der Waals surface area contributed by atoms with Gasteiger partial charge in [0.25, 0.3) is 0 Å². The molecule has 7 heteroatoms. The first-order chi connectivity index (χ1) is 16.6. The van der Waals surface area contributed by atoms with Crippen molar-refractivity contribution in [3.8, 4) is 34.2 Å². The van der Waals surface area contributed by atoms with Crippen molar-refractivity contribution in [1.29, 1.82) is 5.26 Å². The normalized spacial score (nSPS) is 10.4. The van der Waals surface area contributed by atoms with E-state index >= 15 is 0 Å². The molecule has 4 rings (SSSR count). The number of hydrogen-bond acceptors (Lipinski definition) is 5. The first-order valence-corrected chi connectivity index (χ1v) is 11.4. The highest BCUT2D eigenvalue weighted by Gasteiger charge is 2.17. The average molecular weight is 470 g/mol. The first kappa shape index (κ1) is 23.0. The summed E-state index contributed by atoms with van der Waals surface area (Å²) >= 11 is 1.18. The van der Waals surface area contributed by atoms with Crippen molar-refractivity contribution in [2.75, 3.05) is 18.2 Å². The number of benzene rings is 3. The van der Waals surface area contributed by atoms with Crippen LogP contribution in [-0.2, 0) is 4.79 Å². The van der Waals surface area contributed by atoms with Gasteiger partial charge in [-0.15, -0.1) is 0 Å². The number of hydrogen-bond donors (Lipinski definition) is 1. The van der Waals surface area contributed by atoms with Crippen LogP contribution in [0.3, 0.4) is 0 Å². The Morgan fingerprint density at radius 3 is 2.38 bits per heavy atom. The van der Waals surface area contributed by atoms with Crippen LogP contribution in [0.2, 0.25) is 0 Å². The smallest absolute Gasteiger partial charge is 0.234 e. The Morgan fingerprint density at radius 1 is 1.03 bits per heavy atom. The van der Waals surface area contributed by atoms with Crippen LogP contribution in [0, 0.1) is 17.1 Å². The van der Waals surface area contributed by atoms with Crippen LogP contribution in [0.5, 0.6) is 5.75 Å². The maximum atomic E-state index is 13.5. The minimum absolute atomic E-state index is 0.0643. The number of anilines is 1. The standard InChI is InChI=1S/C27H20FN3O2S/c1-33-22-13-11-21(12-14-22)30-26(32)17-34-27-24(16-29)23(18-5-3-2-4-6-18)15-25(31-27)19-7-9-20(28)10-8-19/h2-15H,17H2,1H3,(H,30,32). The molecule has 1 amide bonds. The molecular formula is C27H20FN3O2S. The van der Waals surface area contributed by atoms with Crippen molar-refractivity contribution >= 4 is 23.4 Å². The predicted octanol–water partition coefficient (Wildman–Crippen LogP) is 6.17. The van der Waals surface area contributed by atoms with E-state index in [0.29, 0.717) is 38.8 Å². The SMILES string of the molecule is COc1ccc(NC(=O)CSc2nc(-c3ccc(F)cc3)cc(-c3ccccc3)c2C#N)cc1. The summed E-state index contributed by atoms with van der Waals surface area (Å²) < 4.78 is 18.6. The lowest BCUT2D eigenvalue weighted by atomic mass is 9.99. The summed E-state index contributed by atoms with van der Waals surface area (Å²) in [6.07, 6.45) is 0. The summed E-state index contributed by atoms with van der Waals surface area (Å²) in [4.78, 5) is 17.2. The van der Waals surface area contributed by atoms with Crippen LogP contribution in [0.1, 0.15) is 5.56 Å². The molecule has 3 aromatic carbocycles. The summed E-state index contributed by atoms with van der Waals surface area (Å²) in [6, 6.07) is 26.6. The Hall–Kier alpha value is -4.15. The largest absolute Gasteiger partial charge is 0.497 e. The maximum absolute atomic E-state index is 13.5. The van der Waals surface area contributed by atoms with Crippen LogP contribution >= 0.6 is 11.8 Å². The topological polar surface area (TPSA) is 75.0 Å². The molecule has 0 saturated carbocycles. The highest BCUT2D eigenvalue weighted by molar-refractivity contribution is 8.00. The summed E-state index contributed by atoms with van der Waals surface area (Å²) in [7, 11) is 1.58. The van der Waals surface area contributed by atoms with Crippen molar-refractivity contribution in [3.63, 3.8) is 0 Å². The summed E-state index contributed by atoms with van der Waals surface area (Å²) in [6.45, 7) is 0. The summed E-state index contributed by atoms with van der Waals surface area (Å²) in [5.74, 6) is 0.190. The third-order valence-corrected chi connectivity index (χ3v) is 6.01. The molecular weight excluding hydrogens is 449 g/mol. The molecule has 0 radical (unpaired) electrons. The van der Waals surface area contributed by atoms with Gasteiger partial charge in [-0.1, -0.05) is 42.1 Å². The van der Waals surface area contributed by atoms with Gasteiger partial charge in [-0.2, -0.15) is 5.26 Å². The Kier molecular flexibility index (Phi) is 7.21. The van der Waals surface area contributed by atoms with Gasteiger partial charge in [0.1, 0.15) is 22.7 Å². The van der Waals surface area contributed by atoms with Crippen molar-refractivity contribution in [3.05, 3.63) is 96.3 Å². The predicted molar refractivity (Wildman–Crippen MR) is 132 cm³/mol. The first-order valence-electron chi connectivity index (χ1n) is 10.4. The number of rotatable bonds is 7. The van der Waals surface area contributed by atoms with Gasteiger partial charge in [0.15, 0.2) is 0 Å². The Balaban J connectivity index is 1.64. The van der Waals surface area contributed by atoms with Gasteiger partial charge >= 0.3 is 0 Å². The molecule has 0 fully saturated rings. The number of nitrogens with one attached hydrogen (secondary N) is 1. The molecule has 34 heavy (non-hydrogen) atoms. The number of amides is 1. The number of aromatic nitrogens is 1. The molecule has 0 aliphatic heterocycles. The lowest BCUT2D eigenvalue weighted by molar-refractivity contribution is -0.113. The van der Waals surface area contributed by atoms with Gasteiger partial charge in [-0.25, -0.2) is 9.37 Å². The zero-order valence-corrected chi connectivity index (χ0v) is 19.1. The Labute approximate surface area is 201 Å². The molecule has 1 aromatic heterocycles. The molecule has 0 bridgehead atoms. The number of ether oxygens (including phenoxy) is 1. The molecule has 0 saturated heterocycles. The molecule has 5 nitrogen and oxygen atoms in total. The third-order valence-electron chi connectivity index (χ3n) is 5.04. The number of methoxy groups -OCH3 is 1. The molecule has 0 atom stereocenters. The quantitative estimate of drug-likeness (QED) is 0.328. The van der Waals surface area contributed by atoms with Crippen LogP contribution in [-0.4, -0.2) is 23.8 Å². The summed E-state index contributed by atoms with van der Waals surface area (Å²) in [5, 5.41) is 13.2. The minimum atomic E-state index is -0.342. The van der Waals surface area contributed by atoms with E-state index in [1.807, 2.05) is 36.4 Å². The number of carbonyl (C=O) groups is 1. The second kappa shape index (κ2) is 10.6. The lowest BCUT2D eigenvalue weighted by Gasteiger charge is -2.13. The third kappa shape index (κ3) is 5.42. The van der Waals surface area contributed by atoms with E-state index in [2.05, 4.69) is 16.4 Å². The Morgan fingerprint density at radius 2 is 1.74 bits per heavy atom. The number of pyridine rings is 1. The van der Waals surface area contributed by atoms with Crippen molar-refractivity contribution in [2.24, 2.45) is 0 Å². The molecule has 0 aliphatic rings. The fraction of sp³-hybridized carbons (Fsp3) is 0.0741. The van der Waals surface area contributed by atoms with Crippen molar-refractivity contribution < 1.29 is 13.9 Å². The second-order valence-electron chi connectivity index (χ2n) is 7.29. The lowest BCUT2D eigenvalue weighted by Crippen LogP contribution is -2.14. The van der Waals surface area contributed by atoms with E-state index in [1.54, 1.807) is 43.5 Å². The Bertz CT molecular complexity index is 1340. The fourth-order valence-corrected chi connectivity index (χ4v) is 4.16. The molecule has 0 spiro atoms. The highest BCUT2D eigenvalue weighted by atomic mass is 32.2. The molecule has 0 aliphatic carbocycles. The van der Waals surface area contributed by atoms with Crippen molar-refractivity contribution in [1.82, 2.24) is 4.98 Å². The number of carbonyl (C=O) groups excluding carboxylic acids is 1. The number of thioether (sulfide) groups is 1. The van der Waals surface area contributed by atoms with Gasteiger partial charge in [-0.05, 0) is 60.2 Å². The van der Waals surface area contributed by atoms with E-state index < -0.39 is 0 Å². The van der Waals surface area contributed by atoms with Gasteiger partial charge in [0.05, 0.1) is 24.1 Å². The highest BCUT2D eigenvalue weighted by Crippen LogP contribution is 2.34. The van der Waals surface area contributed by atoms with Crippen LogP contribution in [0.15, 0.2) is 90.0 Å². The monoisotopic (exact) mass is 469 g/mol. The molecule has 1 heterocycles. The second-order valence-corrected chi connectivity index (χ2v) is 8.25. The minimum Gasteiger partial charge on any atom is -0.497 e. The molecule has 0 unspecified atom stereocenters. The molecule has 1 N–H and O–H groups in total. The zero-order valence-electron chi connectivity index (χ0n) is 18.3. The van der Waals surface area contributed by atoms with E-state index in [9.17, 15) is 14.4 Å². The number of halogens is 1. The fourth-order valence-electron chi connectivity index (χ4n) is 3.35.